The van der Waals surface area contributed by atoms with Crippen LogP contribution >= 0.6 is 27.3 Å². The van der Waals surface area contributed by atoms with E-state index in [1.54, 1.807) is 16.0 Å². The van der Waals surface area contributed by atoms with Crippen LogP contribution in [0.4, 0.5) is 0 Å². The van der Waals surface area contributed by atoms with Gasteiger partial charge >= 0.3 is 0 Å². The molecule has 0 fully saturated rings. The van der Waals surface area contributed by atoms with E-state index in [9.17, 15) is 9.59 Å². The van der Waals surface area contributed by atoms with Crippen molar-refractivity contribution < 1.29 is 9.59 Å². The number of aromatic nitrogens is 2. The molecule has 2 N–H and O–H groups in total. The zero-order valence-corrected chi connectivity index (χ0v) is 13.9. The van der Waals surface area contributed by atoms with Gasteiger partial charge in [0.05, 0.1) is 11.9 Å². The van der Waals surface area contributed by atoms with Crippen LogP contribution in [-0.2, 0) is 4.79 Å². The molecule has 0 aliphatic carbocycles. The molecule has 0 atom stereocenters. The maximum Gasteiger partial charge on any atom is 0.287 e. The second kappa shape index (κ2) is 5.90. The predicted octanol–water partition coefficient (Wildman–Crippen LogP) is 2.61. The number of imidazole rings is 1. The summed E-state index contributed by atoms with van der Waals surface area (Å²) in [5, 5.41) is 1.71. The minimum Gasteiger partial charge on any atom is -0.278 e. The first-order valence-electron chi connectivity index (χ1n) is 6.34. The number of carbonyl (C=O) groups is 2. The van der Waals surface area contributed by atoms with Gasteiger partial charge in [-0.1, -0.05) is 28.1 Å². The van der Waals surface area contributed by atoms with Crippen molar-refractivity contribution in [3.63, 3.8) is 0 Å². The molecule has 0 unspecified atom stereocenters. The van der Waals surface area contributed by atoms with E-state index in [1.165, 1.54) is 18.3 Å². The Morgan fingerprint density at radius 1 is 1.23 bits per heavy atom. The van der Waals surface area contributed by atoms with Crippen LogP contribution < -0.4 is 10.9 Å². The van der Waals surface area contributed by atoms with Gasteiger partial charge < -0.3 is 0 Å². The van der Waals surface area contributed by atoms with Crippen LogP contribution in [0.3, 0.4) is 0 Å². The fraction of sp³-hybridized carbons (Fsp3) is 0.0714. The van der Waals surface area contributed by atoms with Crippen molar-refractivity contribution in [3.8, 4) is 11.3 Å². The van der Waals surface area contributed by atoms with E-state index in [-0.39, 0.29) is 5.91 Å². The van der Waals surface area contributed by atoms with Crippen LogP contribution in [-0.4, -0.2) is 21.2 Å². The standard InChI is InChI=1S/C14H11BrN4O2S/c1-8(20)17-18-13(21)12-7-22-14-16-6-11(19(12)14)9-2-4-10(15)5-3-9/h2-7H,1H3,(H,17,20)(H,18,21). The highest BCUT2D eigenvalue weighted by atomic mass is 79.9. The number of nitrogens with zero attached hydrogens (tertiary/aromatic N) is 2. The van der Waals surface area contributed by atoms with Crippen LogP contribution in [0.2, 0.25) is 0 Å². The fourth-order valence-corrected chi connectivity index (χ4v) is 3.11. The summed E-state index contributed by atoms with van der Waals surface area (Å²) in [5.74, 6) is -0.726. The number of benzene rings is 1. The Bertz CT molecular complexity index is 853. The highest BCUT2D eigenvalue weighted by Gasteiger charge is 2.17. The van der Waals surface area contributed by atoms with Gasteiger partial charge in [0.15, 0.2) is 4.96 Å². The second-order valence-electron chi connectivity index (χ2n) is 4.52. The number of carbonyl (C=O) groups excluding carboxylic acids is 2. The summed E-state index contributed by atoms with van der Waals surface area (Å²) < 4.78 is 2.75. The van der Waals surface area contributed by atoms with E-state index in [0.29, 0.717) is 10.7 Å². The van der Waals surface area contributed by atoms with Crippen LogP contribution in [0.25, 0.3) is 16.2 Å². The van der Waals surface area contributed by atoms with Gasteiger partial charge in [-0.25, -0.2) is 4.98 Å². The Balaban J connectivity index is 2.02. The molecule has 0 radical (unpaired) electrons. The Morgan fingerprint density at radius 2 is 1.95 bits per heavy atom. The monoisotopic (exact) mass is 378 g/mol. The zero-order chi connectivity index (χ0) is 15.7. The lowest BCUT2D eigenvalue weighted by molar-refractivity contribution is -0.119. The molecule has 112 valence electrons. The summed E-state index contributed by atoms with van der Waals surface area (Å²) in [6, 6.07) is 7.75. The fourth-order valence-electron chi connectivity index (χ4n) is 2.00. The molecule has 0 saturated heterocycles. The molecular formula is C14H11BrN4O2S. The topological polar surface area (TPSA) is 75.5 Å². The Labute approximate surface area is 138 Å². The first-order valence-corrected chi connectivity index (χ1v) is 8.01. The zero-order valence-electron chi connectivity index (χ0n) is 11.5. The molecule has 3 rings (SSSR count). The van der Waals surface area contributed by atoms with Gasteiger partial charge in [-0.3, -0.25) is 24.8 Å². The van der Waals surface area contributed by atoms with E-state index >= 15 is 0 Å². The summed E-state index contributed by atoms with van der Waals surface area (Å²) in [5.41, 5.74) is 6.83. The number of thiazole rings is 1. The van der Waals surface area contributed by atoms with Crippen LogP contribution in [0.1, 0.15) is 17.4 Å². The lowest BCUT2D eigenvalue weighted by Gasteiger charge is -2.06. The molecule has 0 spiro atoms. The third-order valence-corrected chi connectivity index (χ3v) is 4.34. The third kappa shape index (κ3) is 2.75. The molecule has 8 heteroatoms. The molecule has 0 aliphatic heterocycles. The predicted molar refractivity (Wildman–Crippen MR) is 87.5 cm³/mol. The van der Waals surface area contributed by atoms with E-state index in [1.807, 2.05) is 24.3 Å². The SMILES string of the molecule is CC(=O)NNC(=O)c1csc2ncc(-c3ccc(Br)cc3)n12. The van der Waals surface area contributed by atoms with E-state index in [4.69, 9.17) is 0 Å². The van der Waals surface area contributed by atoms with Crippen molar-refractivity contribution in [2.24, 2.45) is 0 Å². The molecule has 2 heterocycles. The highest BCUT2D eigenvalue weighted by molar-refractivity contribution is 9.10. The molecule has 2 aromatic heterocycles. The van der Waals surface area contributed by atoms with Gasteiger partial charge in [-0.15, -0.1) is 11.3 Å². The molecule has 0 saturated carbocycles. The van der Waals surface area contributed by atoms with Crippen LogP contribution in [0.15, 0.2) is 40.3 Å². The first kappa shape index (κ1) is 14.7. The number of hydrogen-bond donors (Lipinski definition) is 2. The lowest BCUT2D eigenvalue weighted by atomic mass is 10.2. The molecule has 2 amide bonds. The summed E-state index contributed by atoms with van der Waals surface area (Å²) in [7, 11) is 0. The van der Waals surface area contributed by atoms with Gasteiger partial charge in [0.25, 0.3) is 5.91 Å². The molecular weight excluding hydrogens is 368 g/mol. The second-order valence-corrected chi connectivity index (χ2v) is 6.28. The van der Waals surface area contributed by atoms with Crippen LogP contribution in [0, 0.1) is 0 Å². The smallest absolute Gasteiger partial charge is 0.278 e. The van der Waals surface area contributed by atoms with Crippen molar-refractivity contribution in [2.45, 2.75) is 6.92 Å². The molecule has 0 bridgehead atoms. The van der Waals surface area contributed by atoms with Crippen molar-refractivity contribution in [1.29, 1.82) is 0 Å². The van der Waals surface area contributed by atoms with Gasteiger partial charge in [0, 0.05) is 22.3 Å². The average Bonchev–Trinajstić information content (AvgIpc) is 3.07. The van der Waals surface area contributed by atoms with E-state index in [2.05, 4.69) is 31.8 Å². The number of fused-ring (bicyclic) bond motifs is 1. The lowest BCUT2D eigenvalue weighted by Crippen LogP contribution is -2.40. The van der Waals surface area contributed by atoms with Gasteiger partial charge in [0.1, 0.15) is 5.69 Å². The summed E-state index contributed by atoms with van der Waals surface area (Å²) in [6.07, 6.45) is 1.73. The maximum absolute atomic E-state index is 12.2. The summed E-state index contributed by atoms with van der Waals surface area (Å²) in [4.78, 5) is 28.1. The van der Waals surface area contributed by atoms with E-state index in [0.717, 1.165) is 15.7 Å². The molecule has 3 aromatic rings. The van der Waals surface area contributed by atoms with Gasteiger partial charge in [-0.2, -0.15) is 0 Å². The minimum absolute atomic E-state index is 0.335. The van der Waals surface area contributed by atoms with Crippen molar-refractivity contribution in [1.82, 2.24) is 20.2 Å². The quantitative estimate of drug-likeness (QED) is 0.673. The average molecular weight is 379 g/mol. The number of amides is 2. The minimum atomic E-state index is -0.391. The van der Waals surface area contributed by atoms with Crippen molar-refractivity contribution >= 4 is 44.0 Å². The molecule has 1 aromatic carbocycles. The number of rotatable bonds is 2. The van der Waals surface area contributed by atoms with Gasteiger partial charge in [0.2, 0.25) is 5.91 Å². The van der Waals surface area contributed by atoms with Crippen LogP contribution in [0.5, 0.6) is 0 Å². The largest absolute Gasteiger partial charge is 0.287 e. The first-order chi connectivity index (χ1) is 10.6. The maximum atomic E-state index is 12.2. The van der Waals surface area contributed by atoms with Gasteiger partial charge in [-0.05, 0) is 12.1 Å². The molecule has 22 heavy (non-hydrogen) atoms. The number of hydrazine groups is 1. The third-order valence-electron chi connectivity index (χ3n) is 2.97. The van der Waals surface area contributed by atoms with Crippen molar-refractivity contribution in [3.05, 3.63) is 46.0 Å². The summed E-state index contributed by atoms with van der Waals surface area (Å²) in [6.45, 7) is 1.33. The highest BCUT2D eigenvalue weighted by Crippen LogP contribution is 2.27. The summed E-state index contributed by atoms with van der Waals surface area (Å²) >= 11 is 4.76. The Kier molecular flexibility index (Phi) is 3.95. The normalized spacial score (nSPS) is 10.6. The number of nitrogens with one attached hydrogen (secondary N) is 2. The van der Waals surface area contributed by atoms with E-state index < -0.39 is 5.91 Å². The Morgan fingerprint density at radius 3 is 2.64 bits per heavy atom. The Hall–Kier alpha value is -2.19. The number of hydrogen-bond acceptors (Lipinski definition) is 4. The number of halogens is 1. The van der Waals surface area contributed by atoms with Crippen molar-refractivity contribution in [2.75, 3.05) is 0 Å². The molecule has 6 nitrogen and oxygen atoms in total. The molecule has 0 aliphatic rings.